The minimum absolute atomic E-state index is 0.196. The van der Waals surface area contributed by atoms with Crippen LogP contribution in [0.2, 0.25) is 10.0 Å². The Bertz CT molecular complexity index is 1170. The van der Waals surface area contributed by atoms with E-state index in [1.807, 2.05) is 19.1 Å². The number of rotatable bonds is 2. The molecule has 0 amide bonds. The van der Waals surface area contributed by atoms with E-state index in [0.717, 1.165) is 64.8 Å². The summed E-state index contributed by atoms with van der Waals surface area (Å²) in [7, 11) is 0. The maximum absolute atomic E-state index is 12.3. The largest absolute Gasteiger partial charge is 0.477 e. The van der Waals surface area contributed by atoms with Crippen molar-refractivity contribution in [3.8, 4) is 5.75 Å². The molecule has 0 unspecified atom stereocenters. The molecule has 1 aliphatic heterocycles. The molecule has 0 fully saturated rings. The molecule has 28 heavy (non-hydrogen) atoms. The fourth-order valence-corrected chi connectivity index (χ4v) is 4.85. The van der Waals surface area contributed by atoms with E-state index in [4.69, 9.17) is 32.4 Å². The summed E-state index contributed by atoms with van der Waals surface area (Å²) in [6.07, 6.45) is 2.75. The Labute approximate surface area is 172 Å². The fraction of sp³-hybridized carbons (Fsp3) is 0.318. The van der Waals surface area contributed by atoms with Crippen LogP contribution in [0.25, 0.3) is 11.0 Å². The van der Waals surface area contributed by atoms with E-state index in [2.05, 4.69) is 11.0 Å². The van der Waals surface area contributed by atoms with Crippen LogP contribution in [0.4, 0.5) is 0 Å². The second kappa shape index (κ2) is 6.80. The van der Waals surface area contributed by atoms with Crippen LogP contribution in [0.15, 0.2) is 33.5 Å². The summed E-state index contributed by atoms with van der Waals surface area (Å²) in [5.41, 5.74) is 5.50. The lowest BCUT2D eigenvalue weighted by molar-refractivity contribution is 0.0881. The second-order valence-corrected chi connectivity index (χ2v) is 8.41. The molecule has 3 aromatic rings. The van der Waals surface area contributed by atoms with Gasteiger partial charge in [0.15, 0.2) is 0 Å². The first-order valence-electron chi connectivity index (χ1n) is 9.41. The molecule has 0 N–H and O–H groups in total. The van der Waals surface area contributed by atoms with Crippen molar-refractivity contribution in [1.29, 1.82) is 0 Å². The molecule has 0 radical (unpaired) electrons. The highest BCUT2D eigenvalue weighted by molar-refractivity contribution is 6.35. The smallest absolute Gasteiger partial charge is 0.339 e. The van der Waals surface area contributed by atoms with Gasteiger partial charge in [0, 0.05) is 45.2 Å². The monoisotopic (exact) mass is 415 g/mol. The van der Waals surface area contributed by atoms with Crippen LogP contribution < -0.4 is 10.4 Å². The molecule has 4 nitrogen and oxygen atoms in total. The Balaban J connectivity index is 1.53. The number of nitrogens with zero attached hydrogens (tertiary/aromatic N) is 1. The summed E-state index contributed by atoms with van der Waals surface area (Å²) in [6.45, 7) is 3.85. The van der Waals surface area contributed by atoms with Crippen LogP contribution in [-0.2, 0) is 25.9 Å². The Morgan fingerprint density at radius 1 is 1.14 bits per heavy atom. The van der Waals surface area contributed by atoms with Crippen LogP contribution in [0.5, 0.6) is 5.75 Å². The molecule has 0 saturated heterocycles. The molecule has 0 spiro atoms. The zero-order valence-electron chi connectivity index (χ0n) is 15.5. The van der Waals surface area contributed by atoms with Crippen molar-refractivity contribution in [3.05, 3.63) is 72.5 Å². The Morgan fingerprint density at radius 3 is 2.79 bits per heavy atom. The van der Waals surface area contributed by atoms with E-state index < -0.39 is 0 Å². The molecule has 2 aromatic carbocycles. The van der Waals surface area contributed by atoms with Crippen LogP contribution in [-0.4, -0.2) is 11.6 Å². The highest BCUT2D eigenvalue weighted by Crippen LogP contribution is 2.38. The quantitative estimate of drug-likeness (QED) is 0.536. The number of fused-ring (bicyclic) bond motifs is 4. The lowest BCUT2D eigenvalue weighted by Crippen LogP contribution is -2.32. The van der Waals surface area contributed by atoms with Gasteiger partial charge in [-0.25, -0.2) is 4.79 Å². The highest BCUT2D eigenvalue weighted by Gasteiger charge is 2.26. The first-order chi connectivity index (χ1) is 13.5. The third kappa shape index (κ3) is 2.91. The van der Waals surface area contributed by atoms with Gasteiger partial charge in [0.05, 0.1) is 0 Å². The van der Waals surface area contributed by atoms with Gasteiger partial charge in [-0.1, -0.05) is 29.3 Å². The lowest BCUT2D eigenvalue weighted by atomic mass is 9.99. The third-order valence-electron chi connectivity index (χ3n) is 5.71. The summed E-state index contributed by atoms with van der Waals surface area (Å²) < 4.78 is 11.7. The molecule has 2 heterocycles. The second-order valence-electron chi connectivity index (χ2n) is 7.56. The zero-order chi connectivity index (χ0) is 19.4. The first kappa shape index (κ1) is 18.0. The summed E-state index contributed by atoms with van der Waals surface area (Å²) in [5, 5.41) is 2.34. The van der Waals surface area contributed by atoms with Crippen LogP contribution in [0, 0.1) is 6.92 Å². The molecule has 1 aromatic heterocycles. The number of hydrogen-bond donors (Lipinski definition) is 0. The van der Waals surface area contributed by atoms with E-state index >= 15 is 0 Å². The number of hydrogen-bond acceptors (Lipinski definition) is 4. The molecule has 144 valence electrons. The van der Waals surface area contributed by atoms with Crippen molar-refractivity contribution in [2.45, 2.75) is 39.3 Å². The van der Waals surface area contributed by atoms with Gasteiger partial charge in [0.25, 0.3) is 0 Å². The topological polar surface area (TPSA) is 42.7 Å². The van der Waals surface area contributed by atoms with Crippen LogP contribution in [0.3, 0.4) is 0 Å². The average molecular weight is 416 g/mol. The van der Waals surface area contributed by atoms with E-state index in [9.17, 15) is 4.79 Å². The minimum Gasteiger partial charge on any atom is -0.477 e. The molecule has 5 rings (SSSR count). The Hall–Kier alpha value is -2.01. The molecule has 0 atom stereocenters. The highest BCUT2D eigenvalue weighted by atomic mass is 35.5. The summed E-state index contributed by atoms with van der Waals surface area (Å²) in [6, 6.07) is 7.71. The van der Waals surface area contributed by atoms with Crippen LogP contribution >= 0.6 is 23.2 Å². The van der Waals surface area contributed by atoms with Crippen molar-refractivity contribution in [3.63, 3.8) is 0 Å². The van der Waals surface area contributed by atoms with Crippen LogP contribution in [0.1, 0.15) is 34.2 Å². The predicted octanol–water partition coefficient (Wildman–Crippen LogP) is 5.25. The summed E-state index contributed by atoms with van der Waals surface area (Å²) in [4.78, 5) is 14.5. The average Bonchev–Trinajstić information content (AvgIpc) is 3.16. The van der Waals surface area contributed by atoms with Crippen molar-refractivity contribution in [1.82, 2.24) is 4.90 Å². The normalized spacial score (nSPS) is 16.1. The molecule has 0 saturated carbocycles. The number of benzene rings is 2. The van der Waals surface area contributed by atoms with Gasteiger partial charge in [-0.3, -0.25) is 4.90 Å². The van der Waals surface area contributed by atoms with Gasteiger partial charge in [-0.15, -0.1) is 0 Å². The molecule has 1 aliphatic carbocycles. The SMILES string of the molecule is Cc1c2c(cc3c4c(c(=O)oc13)CCC4)CN(Cc1ccc(Cl)cc1Cl)CO2. The Kier molecular flexibility index (Phi) is 4.38. The summed E-state index contributed by atoms with van der Waals surface area (Å²) in [5.74, 6) is 0.826. The third-order valence-corrected chi connectivity index (χ3v) is 6.30. The summed E-state index contributed by atoms with van der Waals surface area (Å²) >= 11 is 12.3. The van der Waals surface area contributed by atoms with Gasteiger partial charge in [-0.05, 0) is 55.5 Å². The van der Waals surface area contributed by atoms with Gasteiger partial charge in [0.1, 0.15) is 18.1 Å². The molecule has 0 bridgehead atoms. The fourth-order valence-electron chi connectivity index (χ4n) is 4.38. The van der Waals surface area contributed by atoms with Gasteiger partial charge in [0.2, 0.25) is 0 Å². The minimum atomic E-state index is -0.196. The number of halogens is 2. The Morgan fingerprint density at radius 2 is 1.96 bits per heavy atom. The van der Waals surface area contributed by atoms with Gasteiger partial charge < -0.3 is 9.15 Å². The molecule has 6 heteroatoms. The van der Waals surface area contributed by atoms with Crippen molar-refractivity contribution in [2.75, 3.05) is 6.73 Å². The van der Waals surface area contributed by atoms with Crippen molar-refractivity contribution < 1.29 is 9.15 Å². The lowest BCUT2D eigenvalue weighted by Gasteiger charge is -2.30. The molecular formula is C22H19Cl2NO3. The van der Waals surface area contributed by atoms with E-state index in [0.29, 0.717) is 28.9 Å². The van der Waals surface area contributed by atoms with E-state index in [1.165, 1.54) is 0 Å². The first-order valence-corrected chi connectivity index (χ1v) is 10.2. The molecule has 2 aliphatic rings. The van der Waals surface area contributed by atoms with E-state index in [1.54, 1.807) is 6.07 Å². The van der Waals surface area contributed by atoms with Crippen molar-refractivity contribution in [2.24, 2.45) is 0 Å². The maximum Gasteiger partial charge on any atom is 0.339 e. The standard InChI is InChI=1S/C22H19Cl2NO3/c1-12-20-14(7-18-16-3-2-4-17(16)22(26)28-21(12)18)10-25(11-27-20)9-13-5-6-15(23)8-19(13)24/h5-8H,2-4,9-11H2,1H3. The number of ether oxygens (including phenoxy) is 1. The number of aryl methyl sites for hydroxylation is 2. The maximum atomic E-state index is 12.3. The predicted molar refractivity (Wildman–Crippen MR) is 110 cm³/mol. The zero-order valence-corrected chi connectivity index (χ0v) is 17.0. The van der Waals surface area contributed by atoms with Crippen molar-refractivity contribution >= 4 is 34.2 Å². The van der Waals surface area contributed by atoms with Gasteiger partial charge in [-0.2, -0.15) is 0 Å². The van der Waals surface area contributed by atoms with Gasteiger partial charge >= 0.3 is 5.63 Å². The molecular weight excluding hydrogens is 397 g/mol. The van der Waals surface area contributed by atoms with E-state index in [-0.39, 0.29) is 5.63 Å².